The third kappa shape index (κ3) is 6.44. The van der Waals surface area contributed by atoms with Crippen molar-refractivity contribution in [1.29, 1.82) is 0 Å². The molecule has 2 fully saturated rings. The van der Waals surface area contributed by atoms with Crippen molar-refractivity contribution in [2.45, 2.75) is 101 Å². The van der Waals surface area contributed by atoms with Crippen LogP contribution in [0, 0.1) is 11.8 Å². The van der Waals surface area contributed by atoms with E-state index in [4.69, 9.17) is 4.42 Å². The number of Topliss-reactive ketones (excluding diaryl/α,β-unsaturated/α-hetero) is 1. The molecule has 1 atom stereocenters. The fourth-order valence-corrected chi connectivity index (χ4v) is 6.01. The number of thioether (sulfide) groups is 1. The maximum absolute atomic E-state index is 13.7. The molecule has 0 radical (unpaired) electrons. The lowest BCUT2D eigenvalue weighted by molar-refractivity contribution is -0.161. The summed E-state index contributed by atoms with van der Waals surface area (Å²) in [5.41, 5.74) is -0.841. The van der Waals surface area contributed by atoms with Crippen molar-refractivity contribution in [2.24, 2.45) is 11.8 Å². The van der Waals surface area contributed by atoms with Gasteiger partial charge in [0.1, 0.15) is 11.7 Å². The lowest BCUT2D eigenvalue weighted by Crippen LogP contribution is -2.66. The van der Waals surface area contributed by atoms with Gasteiger partial charge in [-0.1, -0.05) is 45.9 Å². The third-order valence-corrected chi connectivity index (χ3v) is 8.02. The Morgan fingerprint density at radius 1 is 1.14 bits per heavy atom. The quantitative estimate of drug-likeness (QED) is 0.209. The van der Waals surface area contributed by atoms with Gasteiger partial charge in [-0.3, -0.25) is 14.4 Å². The molecular weight excluding hydrogens is 466 g/mol. The molecule has 10 heteroatoms. The maximum atomic E-state index is 13.7. The number of hydrogen-bond acceptors (Lipinski definition) is 8. The SMILES string of the molecule is CC(C)CC(C(=O)c1nnc(SC(C)C)o1)N(C=O)C1(N(C)C(=O)C2CCNCC2)CCCCC1. The molecule has 1 aromatic rings. The van der Waals surface area contributed by atoms with E-state index in [0.29, 0.717) is 24.5 Å². The Morgan fingerprint density at radius 2 is 1.80 bits per heavy atom. The number of nitrogens with zero attached hydrogens (tertiary/aromatic N) is 4. The molecule has 1 aliphatic heterocycles. The van der Waals surface area contributed by atoms with Crippen LogP contribution < -0.4 is 5.32 Å². The van der Waals surface area contributed by atoms with Crippen molar-refractivity contribution in [3.8, 4) is 0 Å². The standard InChI is InChI=1S/C25H41N5O4S/c1-17(2)15-20(21(32)22-27-28-24(34-22)35-18(3)4)30(16-31)25(11-7-6-8-12-25)29(5)23(33)19-9-13-26-14-10-19/h16-20,26H,6-15H2,1-5H3. The predicted octanol–water partition coefficient (Wildman–Crippen LogP) is 3.74. The maximum Gasteiger partial charge on any atom is 0.286 e. The summed E-state index contributed by atoms with van der Waals surface area (Å²) in [6.07, 6.45) is 6.93. The zero-order chi connectivity index (χ0) is 25.6. The van der Waals surface area contributed by atoms with Gasteiger partial charge in [0.2, 0.25) is 18.1 Å². The molecule has 196 valence electrons. The lowest BCUT2D eigenvalue weighted by Gasteiger charge is -2.53. The summed E-state index contributed by atoms with van der Waals surface area (Å²) in [6, 6.07) is -0.786. The first-order valence-electron chi connectivity index (χ1n) is 13.0. The van der Waals surface area contributed by atoms with Crippen LogP contribution >= 0.6 is 11.8 Å². The van der Waals surface area contributed by atoms with Gasteiger partial charge >= 0.3 is 0 Å². The van der Waals surface area contributed by atoms with Gasteiger partial charge in [-0.2, -0.15) is 0 Å². The van der Waals surface area contributed by atoms with Crippen molar-refractivity contribution >= 4 is 29.9 Å². The first kappa shape index (κ1) is 27.6. The summed E-state index contributed by atoms with van der Waals surface area (Å²) in [5, 5.41) is 11.9. The van der Waals surface area contributed by atoms with Crippen LogP contribution in [0.3, 0.4) is 0 Å². The number of ketones is 1. The van der Waals surface area contributed by atoms with Crippen LogP contribution in [-0.4, -0.2) is 75.2 Å². The van der Waals surface area contributed by atoms with Crippen LogP contribution in [0.1, 0.15) is 89.7 Å². The molecule has 0 spiro atoms. The van der Waals surface area contributed by atoms with E-state index >= 15 is 0 Å². The monoisotopic (exact) mass is 507 g/mol. The summed E-state index contributed by atoms with van der Waals surface area (Å²) >= 11 is 1.39. The fourth-order valence-electron chi connectivity index (χ4n) is 5.39. The van der Waals surface area contributed by atoms with E-state index in [0.717, 1.165) is 51.6 Å². The summed E-state index contributed by atoms with van der Waals surface area (Å²) in [4.78, 5) is 43.6. The molecule has 1 N–H and O–H groups in total. The van der Waals surface area contributed by atoms with Crippen LogP contribution in [0.4, 0.5) is 0 Å². The third-order valence-electron chi connectivity index (χ3n) is 7.18. The van der Waals surface area contributed by atoms with E-state index < -0.39 is 11.7 Å². The second kappa shape index (κ2) is 12.3. The van der Waals surface area contributed by atoms with E-state index in [1.165, 1.54) is 11.8 Å². The molecule has 0 aromatic carbocycles. The van der Waals surface area contributed by atoms with Crippen molar-refractivity contribution in [1.82, 2.24) is 25.3 Å². The van der Waals surface area contributed by atoms with Crippen LogP contribution in [0.25, 0.3) is 0 Å². The second-order valence-electron chi connectivity index (χ2n) is 10.5. The zero-order valence-electron chi connectivity index (χ0n) is 21.8. The van der Waals surface area contributed by atoms with E-state index in [1.54, 1.807) is 9.80 Å². The van der Waals surface area contributed by atoms with Gasteiger partial charge < -0.3 is 19.5 Å². The molecule has 2 amide bonds. The van der Waals surface area contributed by atoms with Crippen LogP contribution in [0.5, 0.6) is 0 Å². The minimum absolute atomic E-state index is 0.0596. The topological polar surface area (TPSA) is 109 Å². The Morgan fingerprint density at radius 3 is 2.37 bits per heavy atom. The normalized spacial score (nSPS) is 19.5. The molecule has 1 unspecified atom stereocenters. The van der Waals surface area contributed by atoms with E-state index in [9.17, 15) is 14.4 Å². The fraction of sp³-hybridized carbons (Fsp3) is 0.800. The molecule has 35 heavy (non-hydrogen) atoms. The molecule has 1 aromatic heterocycles. The van der Waals surface area contributed by atoms with Crippen LogP contribution in [0.15, 0.2) is 9.64 Å². The molecular formula is C25H41N5O4S. The minimum Gasteiger partial charge on any atom is -0.408 e. The first-order valence-corrected chi connectivity index (χ1v) is 13.8. The average molecular weight is 508 g/mol. The van der Waals surface area contributed by atoms with E-state index in [-0.39, 0.29) is 34.7 Å². The minimum atomic E-state index is -0.841. The Bertz CT molecular complexity index is 862. The van der Waals surface area contributed by atoms with Gasteiger partial charge in [0.25, 0.3) is 11.1 Å². The number of aromatic nitrogens is 2. The van der Waals surface area contributed by atoms with Gasteiger partial charge in [0, 0.05) is 18.2 Å². The number of amides is 2. The highest BCUT2D eigenvalue weighted by Gasteiger charge is 2.49. The van der Waals surface area contributed by atoms with Gasteiger partial charge in [0.05, 0.1) is 0 Å². The number of rotatable bonds is 11. The summed E-state index contributed by atoms with van der Waals surface area (Å²) < 4.78 is 5.70. The van der Waals surface area contributed by atoms with Gasteiger partial charge in [-0.25, -0.2) is 0 Å². The highest BCUT2D eigenvalue weighted by atomic mass is 32.2. The molecule has 1 saturated carbocycles. The molecule has 0 bridgehead atoms. The van der Waals surface area contributed by atoms with Crippen molar-refractivity contribution < 1.29 is 18.8 Å². The molecule has 1 aliphatic carbocycles. The van der Waals surface area contributed by atoms with Crippen molar-refractivity contribution in [3.05, 3.63) is 5.89 Å². The summed E-state index contributed by atoms with van der Waals surface area (Å²) in [6.45, 7) is 9.69. The first-order chi connectivity index (χ1) is 16.7. The molecule has 3 rings (SSSR count). The second-order valence-corrected chi connectivity index (χ2v) is 12.1. The Hall–Kier alpha value is -1.94. The highest BCUT2D eigenvalue weighted by Crippen LogP contribution is 2.39. The number of carbonyl (C=O) groups excluding carboxylic acids is 3. The molecule has 2 heterocycles. The van der Waals surface area contributed by atoms with Gasteiger partial charge in [0.15, 0.2) is 0 Å². The largest absolute Gasteiger partial charge is 0.408 e. The number of hydrogen-bond donors (Lipinski definition) is 1. The molecule has 2 aliphatic rings. The van der Waals surface area contributed by atoms with Gasteiger partial charge in [-0.05, 0) is 64.0 Å². The zero-order valence-corrected chi connectivity index (χ0v) is 22.6. The Balaban J connectivity index is 1.96. The van der Waals surface area contributed by atoms with Crippen molar-refractivity contribution in [2.75, 3.05) is 20.1 Å². The average Bonchev–Trinajstić information content (AvgIpc) is 3.31. The number of nitrogens with one attached hydrogen (secondary N) is 1. The highest BCUT2D eigenvalue weighted by molar-refractivity contribution is 7.99. The van der Waals surface area contributed by atoms with Crippen LogP contribution in [0.2, 0.25) is 0 Å². The summed E-state index contributed by atoms with van der Waals surface area (Å²) in [7, 11) is 1.81. The van der Waals surface area contributed by atoms with Crippen molar-refractivity contribution in [3.63, 3.8) is 0 Å². The molecule has 1 saturated heterocycles. The Kier molecular flexibility index (Phi) is 9.75. The number of carbonyl (C=O) groups is 3. The predicted molar refractivity (Wildman–Crippen MR) is 135 cm³/mol. The number of piperidine rings is 1. The molecule has 9 nitrogen and oxygen atoms in total. The summed E-state index contributed by atoms with van der Waals surface area (Å²) in [5.74, 6) is -0.306. The van der Waals surface area contributed by atoms with E-state index in [2.05, 4.69) is 15.5 Å². The van der Waals surface area contributed by atoms with Gasteiger partial charge in [-0.15, -0.1) is 10.2 Å². The van der Waals surface area contributed by atoms with E-state index in [1.807, 2.05) is 34.7 Å². The van der Waals surface area contributed by atoms with Crippen LogP contribution in [-0.2, 0) is 9.59 Å². The lowest BCUT2D eigenvalue weighted by atomic mass is 9.83. The smallest absolute Gasteiger partial charge is 0.286 e. The Labute approximate surface area is 213 Å².